The van der Waals surface area contributed by atoms with Crippen LogP contribution in [0.25, 0.3) is 0 Å². The first-order chi connectivity index (χ1) is 4.84. The number of hydrogen-bond acceptors (Lipinski definition) is 3. The van der Waals surface area contributed by atoms with Crippen LogP contribution >= 0.6 is 0 Å². The predicted octanol–water partition coefficient (Wildman–Crippen LogP) is -0.339. The summed E-state index contributed by atoms with van der Waals surface area (Å²) in [5.74, 6) is 0. The normalized spacial score (nSPS) is 15.4. The molecule has 1 unspecified atom stereocenters. The topological polar surface area (TPSA) is 72.2 Å². The van der Waals surface area contributed by atoms with Gasteiger partial charge in [-0.2, -0.15) is 0 Å². The van der Waals surface area contributed by atoms with Crippen LogP contribution in [0.4, 0.5) is 0 Å². The first kappa shape index (κ1) is 10.9. The standard InChI is InChI=1S/C6H16N2O2S/c1-5(2)8-4-6(3)11(7,9)10/h5-6,8H,4H2,1-3H3,(H2,7,9,10). The zero-order valence-corrected chi connectivity index (χ0v) is 7.98. The molecule has 0 aliphatic rings. The van der Waals surface area contributed by atoms with Gasteiger partial charge in [0.15, 0.2) is 0 Å². The molecule has 0 aliphatic carbocycles. The van der Waals surface area contributed by atoms with E-state index in [1.54, 1.807) is 6.92 Å². The van der Waals surface area contributed by atoms with Crippen molar-refractivity contribution in [3.8, 4) is 0 Å². The molecule has 1 atom stereocenters. The summed E-state index contributed by atoms with van der Waals surface area (Å²) in [5.41, 5.74) is 0. The van der Waals surface area contributed by atoms with Crippen LogP contribution in [0.1, 0.15) is 20.8 Å². The molecule has 0 saturated carbocycles. The second-order valence-electron chi connectivity index (χ2n) is 2.96. The molecule has 0 amide bonds. The molecule has 68 valence electrons. The van der Waals surface area contributed by atoms with E-state index in [4.69, 9.17) is 5.14 Å². The Morgan fingerprint density at radius 3 is 2.09 bits per heavy atom. The van der Waals surface area contributed by atoms with E-state index in [9.17, 15) is 8.42 Å². The molecule has 0 bridgehead atoms. The molecule has 0 aliphatic heterocycles. The van der Waals surface area contributed by atoms with Gasteiger partial charge in [0.05, 0.1) is 5.25 Å². The Morgan fingerprint density at radius 1 is 1.36 bits per heavy atom. The van der Waals surface area contributed by atoms with Gasteiger partial charge in [-0.05, 0) is 6.92 Å². The number of nitrogens with two attached hydrogens (primary N) is 1. The predicted molar refractivity (Wildman–Crippen MR) is 45.7 cm³/mol. The van der Waals surface area contributed by atoms with Gasteiger partial charge in [-0.3, -0.25) is 0 Å². The van der Waals surface area contributed by atoms with Gasteiger partial charge in [0, 0.05) is 12.6 Å². The number of rotatable bonds is 4. The van der Waals surface area contributed by atoms with Gasteiger partial charge in [0.2, 0.25) is 10.0 Å². The molecule has 11 heavy (non-hydrogen) atoms. The Bertz CT molecular complexity index is 199. The first-order valence-corrected chi connectivity index (χ1v) is 5.20. The smallest absolute Gasteiger partial charge is 0.212 e. The monoisotopic (exact) mass is 180 g/mol. The minimum Gasteiger partial charge on any atom is -0.313 e. The summed E-state index contributed by atoms with van der Waals surface area (Å²) < 4.78 is 21.4. The lowest BCUT2D eigenvalue weighted by Gasteiger charge is -2.12. The maximum absolute atomic E-state index is 10.7. The molecular weight excluding hydrogens is 164 g/mol. The van der Waals surface area contributed by atoms with Crippen LogP contribution in [0.2, 0.25) is 0 Å². The van der Waals surface area contributed by atoms with Gasteiger partial charge in [-0.1, -0.05) is 13.8 Å². The molecule has 5 heteroatoms. The number of primary sulfonamides is 1. The van der Waals surface area contributed by atoms with Crippen molar-refractivity contribution in [2.45, 2.75) is 32.1 Å². The minimum absolute atomic E-state index is 0.291. The summed E-state index contributed by atoms with van der Waals surface area (Å²) in [4.78, 5) is 0. The lowest BCUT2D eigenvalue weighted by atomic mass is 10.3. The summed E-state index contributed by atoms with van der Waals surface area (Å²) in [6, 6.07) is 0.291. The summed E-state index contributed by atoms with van der Waals surface area (Å²) in [6.07, 6.45) is 0. The van der Waals surface area contributed by atoms with E-state index in [0.29, 0.717) is 12.6 Å². The van der Waals surface area contributed by atoms with Gasteiger partial charge in [-0.15, -0.1) is 0 Å². The van der Waals surface area contributed by atoms with Crippen molar-refractivity contribution in [3.05, 3.63) is 0 Å². The molecule has 0 radical (unpaired) electrons. The maximum Gasteiger partial charge on any atom is 0.212 e. The highest BCUT2D eigenvalue weighted by Crippen LogP contribution is 1.92. The van der Waals surface area contributed by atoms with Crippen molar-refractivity contribution >= 4 is 10.0 Å². The van der Waals surface area contributed by atoms with Crippen LogP contribution in [-0.2, 0) is 10.0 Å². The van der Waals surface area contributed by atoms with Gasteiger partial charge in [-0.25, -0.2) is 13.6 Å². The van der Waals surface area contributed by atoms with Crippen molar-refractivity contribution in [1.82, 2.24) is 5.32 Å². The average Bonchev–Trinajstić information content (AvgIpc) is 1.80. The molecule has 0 aromatic carbocycles. The van der Waals surface area contributed by atoms with Gasteiger partial charge < -0.3 is 5.32 Å². The fraction of sp³-hybridized carbons (Fsp3) is 1.00. The Hall–Kier alpha value is -0.130. The van der Waals surface area contributed by atoms with Crippen LogP contribution < -0.4 is 10.5 Å². The molecule has 0 heterocycles. The Balaban J connectivity index is 3.81. The molecule has 3 N–H and O–H groups in total. The molecule has 0 fully saturated rings. The van der Waals surface area contributed by atoms with Gasteiger partial charge in [0.1, 0.15) is 0 Å². The van der Waals surface area contributed by atoms with Crippen molar-refractivity contribution in [1.29, 1.82) is 0 Å². The minimum atomic E-state index is -3.36. The zero-order valence-electron chi connectivity index (χ0n) is 7.16. The van der Waals surface area contributed by atoms with Crippen molar-refractivity contribution in [2.24, 2.45) is 5.14 Å². The van der Waals surface area contributed by atoms with Crippen LogP contribution in [0.15, 0.2) is 0 Å². The Labute approximate surface area is 68.2 Å². The highest BCUT2D eigenvalue weighted by atomic mass is 32.2. The van der Waals surface area contributed by atoms with Crippen molar-refractivity contribution in [2.75, 3.05) is 6.54 Å². The summed E-state index contributed by atoms with van der Waals surface area (Å²) in [5, 5.41) is 7.38. The van der Waals surface area contributed by atoms with E-state index in [0.717, 1.165) is 0 Å². The van der Waals surface area contributed by atoms with E-state index in [1.807, 2.05) is 13.8 Å². The fourth-order valence-corrected chi connectivity index (χ4v) is 0.846. The van der Waals surface area contributed by atoms with Crippen LogP contribution in [0.3, 0.4) is 0 Å². The third kappa shape index (κ3) is 5.17. The van der Waals surface area contributed by atoms with Gasteiger partial charge in [0.25, 0.3) is 0 Å². The Kier molecular flexibility index (Phi) is 3.99. The fourth-order valence-electron chi connectivity index (χ4n) is 0.518. The lowest BCUT2D eigenvalue weighted by Crippen LogP contribution is -2.37. The third-order valence-corrected chi connectivity index (χ3v) is 2.66. The molecule has 0 aromatic rings. The SMILES string of the molecule is CC(C)NCC(C)S(N)(=O)=O. The van der Waals surface area contributed by atoms with Crippen LogP contribution in [0, 0.1) is 0 Å². The van der Waals surface area contributed by atoms with E-state index in [-0.39, 0.29) is 0 Å². The third-order valence-electron chi connectivity index (χ3n) is 1.37. The number of sulfonamides is 1. The summed E-state index contributed by atoms with van der Waals surface area (Å²) >= 11 is 0. The number of hydrogen-bond donors (Lipinski definition) is 2. The largest absolute Gasteiger partial charge is 0.313 e. The highest BCUT2D eigenvalue weighted by molar-refractivity contribution is 7.89. The zero-order chi connectivity index (χ0) is 9.07. The molecule has 4 nitrogen and oxygen atoms in total. The molecule has 0 saturated heterocycles. The first-order valence-electron chi connectivity index (χ1n) is 3.59. The quantitative estimate of drug-likeness (QED) is 0.622. The number of nitrogens with one attached hydrogen (secondary N) is 1. The lowest BCUT2D eigenvalue weighted by molar-refractivity contribution is 0.551. The van der Waals surface area contributed by atoms with Crippen molar-refractivity contribution in [3.63, 3.8) is 0 Å². The average molecular weight is 180 g/mol. The molecule has 0 rings (SSSR count). The highest BCUT2D eigenvalue weighted by Gasteiger charge is 2.14. The summed E-state index contributed by atoms with van der Waals surface area (Å²) in [7, 11) is -3.36. The second-order valence-corrected chi connectivity index (χ2v) is 4.95. The van der Waals surface area contributed by atoms with Gasteiger partial charge >= 0.3 is 0 Å². The van der Waals surface area contributed by atoms with E-state index in [2.05, 4.69) is 5.32 Å². The van der Waals surface area contributed by atoms with Crippen LogP contribution in [-0.4, -0.2) is 26.3 Å². The molecule has 0 spiro atoms. The molecular formula is C6H16N2O2S. The van der Waals surface area contributed by atoms with Crippen molar-refractivity contribution < 1.29 is 8.42 Å². The van der Waals surface area contributed by atoms with E-state index in [1.165, 1.54) is 0 Å². The molecule has 0 aromatic heterocycles. The van der Waals surface area contributed by atoms with Crippen LogP contribution in [0.5, 0.6) is 0 Å². The second kappa shape index (κ2) is 4.04. The van der Waals surface area contributed by atoms with E-state index < -0.39 is 15.3 Å². The van der Waals surface area contributed by atoms with E-state index >= 15 is 0 Å². The Morgan fingerprint density at radius 2 is 1.82 bits per heavy atom. The summed E-state index contributed by atoms with van der Waals surface area (Å²) in [6.45, 7) is 5.91. The maximum atomic E-state index is 10.7.